The molecule has 2 N–H and O–H groups in total. The fourth-order valence-corrected chi connectivity index (χ4v) is 3.08. The first kappa shape index (κ1) is 14.9. The highest BCUT2D eigenvalue weighted by atomic mass is 16.2. The Hall–Kier alpha value is -1.51. The van der Waals surface area contributed by atoms with Crippen LogP contribution in [0.25, 0.3) is 0 Å². The van der Waals surface area contributed by atoms with Crippen LogP contribution in [0.5, 0.6) is 0 Å². The Morgan fingerprint density at radius 2 is 2.00 bits per heavy atom. The number of carbonyl (C=O) groups is 1. The van der Waals surface area contributed by atoms with Gasteiger partial charge >= 0.3 is 0 Å². The van der Waals surface area contributed by atoms with Gasteiger partial charge in [0.25, 0.3) is 0 Å². The normalized spacial score (nSPS) is 19.4. The molecule has 0 saturated carbocycles. The van der Waals surface area contributed by atoms with Crippen molar-refractivity contribution in [1.82, 2.24) is 4.90 Å². The number of rotatable bonds is 4. The summed E-state index contributed by atoms with van der Waals surface area (Å²) >= 11 is 0. The molecule has 1 fully saturated rings. The van der Waals surface area contributed by atoms with E-state index in [1.807, 2.05) is 43.0 Å². The number of nitrogen functional groups attached to an aromatic ring is 1. The third-order valence-electron chi connectivity index (χ3n) is 4.44. The summed E-state index contributed by atoms with van der Waals surface area (Å²) in [6.45, 7) is 8.05. The summed E-state index contributed by atoms with van der Waals surface area (Å²) in [5.74, 6) is 0.923. The molecule has 1 aliphatic rings. The maximum atomic E-state index is 12.8. The summed E-state index contributed by atoms with van der Waals surface area (Å²) in [5.41, 5.74) is 7.02. The predicted molar refractivity (Wildman–Crippen MR) is 83.5 cm³/mol. The van der Waals surface area contributed by atoms with E-state index in [1.54, 1.807) is 0 Å². The molecule has 1 amide bonds. The summed E-state index contributed by atoms with van der Waals surface area (Å²) in [6.07, 6.45) is 3.58. The lowest BCUT2D eigenvalue weighted by molar-refractivity contribution is -0.135. The van der Waals surface area contributed by atoms with Gasteiger partial charge in [0, 0.05) is 18.8 Å². The Kier molecular flexibility index (Phi) is 4.36. The molecule has 1 saturated heterocycles. The van der Waals surface area contributed by atoms with E-state index < -0.39 is 5.41 Å². The first-order valence-corrected chi connectivity index (χ1v) is 7.60. The summed E-state index contributed by atoms with van der Waals surface area (Å²) < 4.78 is 0. The molecule has 1 aromatic rings. The Labute approximate surface area is 122 Å². The number of amides is 1. The number of hydrogen-bond acceptors (Lipinski definition) is 2. The monoisotopic (exact) mass is 274 g/mol. The van der Waals surface area contributed by atoms with Gasteiger partial charge in [-0.25, -0.2) is 0 Å². The molecule has 2 rings (SSSR count). The maximum absolute atomic E-state index is 12.8. The van der Waals surface area contributed by atoms with Crippen molar-refractivity contribution in [3.8, 4) is 0 Å². The van der Waals surface area contributed by atoms with Crippen molar-refractivity contribution in [2.45, 2.75) is 45.4 Å². The first-order valence-electron chi connectivity index (χ1n) is 7.60. The minimum atomic E-state index is -0.477. The number of hydrogen-bond donors (Lipinski definition) is 1. The molecule has 1 atom stereocenters. The van der Waals surface area contributed by atoms with Crippen molar-refractivity contribution in [2.75, 3.05) is 18.8 Å². The van der Waals surface area contributed by atoms with E-state index in [9.17, 15) is 4.79 Å². The van der Waals surface area contributed by atoms with Gasteiger partial charge in [-0.05, 0) is 50.3 Å². The molecule has 0 aliphatic carbocycles. The summed E-state index contributed by atoms with van der Waals surface area (Å²) in [6, 6.07) is 7.67. The van der Waals surface area contributed by atoms with E-state index in [0.29, 0.717) is 5.92 Å². The SMILES string of the molecule is CCCC1CCN(C(=O)C(C)(C)c2ccc(N)cc2)C1. The van der Waals surface area contributed by atoms with E-state index in [4.69, 9.17) is 5.73 Å². The van der Waals surface area contributed by atoms with Gasteiger partial charge in [0.1, 0.15) is 0 Å². The van der Waals surface area contributed by atoms with Crippen LogP contribution in [0.15, 0.2) is 24.3 Å². The van der Waals surface area contributed by atoms with Crippen LogP contribution in [0.1, 0.15) is 45.6 Å². The van der Waals surface area contributed by atoms with Crippen LogP contribution in [-0.2, 0) is 10.2 Å². The van der Waals surface area contributed by atoms with Crippen molar-refractivity contribution in [2.24, 2.45) is 5.92 Å². The highest BCUT2D eigenvalue weighted by Gasteiger charge is 2.36. The minimum Gasteiger partial charge on any atom is -0.399 e. The second-order valence-corrected chi connectivity index (χ2v) is 6.44. The van der Waals surface area contributed by atoms with Crippen LogP contribution >= 0.6 is 0 Å². The number of benzene rings is 1. The van der Waals surface area contributed by atoms with Crippen LogP contribution in [0.3, 0.4) is 0 Å². The van der Waals surface area contributed by atoms with Gasteiger partial charge in [-0.15, -0.1) is 0 Å². The molecule has 0 spiro atoms. The fraction of sp³-hybridized carbons (Fsp3) is 0.588. The Morgan fingerprint density at radius 3 is 2.60 bits per heavy atom. The zero-order valence-electron chi connectivity index (χ0n) is 12.9. The molecule has 1 aliphatic heterocycles. The molecular weight excluding hydrogens is 248 g/mol. The predicted octanol–water partition coefficient (Wildman–Crippen LogP) is 3.20. The summed E-state index contributed by atoms with van der Waals surface area (Å²) in [7, 11) is 0. The molecule has 0 bridgehead atoms. The highest BCUT2D eigenvalue weighted by molar-refractivity contribution is 5.87. The van der Waals surface area contributed by atoms with Gasteiger partial charge in [0.2, 0.25) is 5.91 Å². The Morgan fingerprint density at radius 1 is 1.35 bits per heavy atom. The molecule has 20 heavy (non-hydrogen) atoms. The minimum absolute atomic E-state index is 0.237. The zero-order valence-corrected chi connectivity index (χ0v) is 12.9. The lowest BCUT2D eigenvalue weighted by atomic mass is 9.83. The van der Waals surface area contributed by atoms with Gasteiger partial charge in [-0.1, -0.05) is 25.5 Å². The van der Waals surface area contributed by atoms with Gasteiger partial charge in [0.05, 0.1) is 5.41 Å². The second kappa shape index (κ2) is 5.86. The molecule has 110 valence electrons. The highest BCUT2D eigenvalue weighted by Crippen LogP contribution is 2.30. The van der Waals surface area contributed by atoms with E-state index in [2.05, 4.69) is 6.92 Å². The molecule has 1 unspecified atom stereocenters. The second-order valence-electron chi connectivity index (χ2n) is 6.44. The third-order valence-corrected chi connectivity index (χ3v) is 4.44. The number of likely N-dealkylation sites (tertiary alicyclic amines) is 1. The van der Waals surface area contributed by atoms with Gasteiger partial charge < -0.3 is 10.6 Å². The average molecular weight is 274 g/mol. The standard InChI is InChI=1S/C17H26N2O/c1-4-5-13-10-11-19(12-13)16(20)17(2,3)14-6-8-15(18)9-7-14/h6-9,13H,4-5,10-12,18H2,1-3H3. The molecule has 1 heterocycles. The lowest BCUT2D eigenvalue weighted by Crippen LogP contribution is -2.42. The van der Waals surface area contributed by atoms with Crippen molar-refractivity contribution < 1.29 is 4.79 Å². The lowest BCUT2D eigenvalue weighted by Gasteiger charge is -2.30. The van der Waals surface area contributed by atoms with E-state index >= 15 is 0 Å². The van der Waals surface area contributed by atoms with E-state index in [0.717, 1.165) is 30.8 Å². The number of carbonyl (C=O) groups excluding carboxylic acids is 1. The largest absolute Gasteiger partial charge is 0.399 e. The molecule has 0 aromatic heterocycles. The van der Waals surface area contributed by atoms with Crippen molar-refractivity contribution in [3.63, 3.8) is 0 Å². The van der Waals surface area contributed by atoms with Crippen molar-refractivity contribution in [1.29, 1.82) is 0 Å². The van der Waals surface area contributed by atoms with Gasteiger partial charge in [-0.2, -0.15) is 0 Å². The molecule has 0 radical (unpaired) electrons. The average Bonchev–Trinajstić information content (AvgIpc) is 2.87. The van der Waals surface area contributed by atoms with Crippen LogP contribution in [-0.4, -0.2) is 23.9 Å². The van der Waals surface area contributed by atoms with Crippen molar-refractivity contribution >= 4 is 11.6 Å². The van der Waals surface area contributed by atoms with Crippen LogP contribution in [0, 0.1) is 5.92 Å². The van der Waals surface area contributed by atoms with Crippen LogP contribution in [0.4, 0.5) is 5.69 Å². The molecule has 3 nitrogen and oxygen atoms in total. The van der Waals surface area contributed by atoms with Crippen LogP contribution in [0.2, 0.25) is 0 Å². The van der Waals surface area contributed by atoms with Gasteiger partial charge in [-0.3, -0.25) is 4.79 Å². The molecule has 3 heteroatoms. The molecular formula is C17H26N2O. The fourth-order valence-electron chi connectivity index (χ4n) is 3.08. The smallest absolute Gasteiger partial charge is 0.232 e. The van der Waals surface area contributed by atoms with E-state index in [1.165, 1.54) is 12.8 Å². The quantitative estimate of drug-likeness (QED) is 0.857. The van der Waals surface area contributed by atoms with Gasteiger partial charge in [0.15, 0.2) is 0 Å². The number of anilines is 1. The number of nitrogens with two attached hydrogens (primary N) is 1. The topological polar surface area (TPSA) is 46.3 Å². The maximum Gasteiger partial charge on any atom is 0.232 e. The Bertz CT molecular complexity index is 464. The Balaban J connectivity index is 2.09. The van der Waals surface area contributed by atoms with Crippen LogP contribution < -0.4 is 5.73 Å². The summed E-state index contributed by atoms with van der Waals surface area (Å²) in [4.78, 5) is 14.8. The summed E-state index contributed by atoms with van der Waals surface area (Å²) in [5, 5.41) is 0. The first-order chi connectivity index (χ1) is 9.45. The zero-order chi connectivity index (χ0) is 14.8. The molecule has 1 aromatic carbocycles. The number of nitrogens with zero attached hydrogens (tertiary/aromatic N) is 1. The van der Waals surface area contributed by atoms with Crippen molar-refractivity contribution in [3.05, 3.63) is 29.8 Å². The third kappa shape index (κ3) is 2.97. The van der Waals surface area contributed by atoms with E-state index in [-0.39, 0.29) is 5.91 Å².